The molecule has 0 radical (unpaired) electrons. The molecular weight excluding hydrogens is 433 g/mol. The minimum atomic E-state index is 0. The first kappa shape index (κ1) is 19.4. The highest BCUT2D eigenvalue weighted by atomic mass is 127. The van der Waals surface area contributed by atoms with Gasteiger partial charge in [-0.3, -0.25) is 4.99 Å². The van der Waals surface area contributed by atoms with Crippen molar-refractivity contribution in [3.8, 4) is 0 Å². The lowest BCUT2D eigenvalue weighted by Gasteiger charge is -2.39. The van der Waals surface area contributed by atoms with E-state index in [1.54, 1.807) is 0 Å². The SMILES string of the molecule is CN=C(NCCn1cnc2ccccc21)N1CCSC(C)(C)C1.I. The number of aliphatic imine (C=N–C) groups is 1. The predicted molar refractivity (Wildman–Crippen MR) is 115 cm³/mol. The quantitative estimate of drug-likeness (QED) is 0.436. The number of benzene rings is 1. The molecule has 1 aliphatic heterocycles. The van der Waals surface area contributed by atoms with Crippen LogP contribution in [0.25, 0.3) is 11.0 Å². The van der Waals surface area contributed by atoms with Gasteiger partial charge >= 0.3 is 0 Å². The molecule has 1 aromatic heterocycles. The second-order valence-corrected chi connectivity index (χ2v) is 8.23. The Kier molecular flexibility index (Phi) is 6.79. The summed E-state index contributed by atoms with van der Waals surface area (Å²) in [7, 11) is 1.86. The number of fused-ring (bicyclic) bond motifs is 1. The Bertz CT molecular complexity index is 697. The minimum Gasteiger partial charge on any atom is -0.354 e. The maximum atomic E-state index is 4.46. The molecule has 0 amide bonds. The van der Waals surface area contributed by atoms with Crippen molar-refractivity contribution in [2.45, 2.75) is 25.1 Å². The molecule has 1 saturated heterocycles. The molecule has 3 rings (SSSR count). The van der Waals surface area contributed by atoms with E-state index in [-0.39, 0.29) is 28.7 Å². The third-order valence-electron chi connectivity index (χ3n) is 4.10. The minimum absolute atomic E-state index is 0. The summed E-state index contributed by atoms with van der Waals surface area (Å²) in [5.74, 6) is 2.16. The molecule has 1 aromatic carbocycles. The lowest BCUT2D eigenvalue weighted by molar-refractivity contribution is 0.375. The third kappa shape index (κ3) is 4.56. The Morgan fingerprint density at radius 2 is 2.17 bits per heavy atom. The number of hydrogen-bond donors (Lipinski definition) is 1. The Balaban J connectivity index is 0.00000208. The summed E-state index contributed by atoms with van der Waals surface area (Å²) in [6.07, 6.45) is 1.91. The first-order chi connectivity index (χ1) is 11.1. The highest BCUT2D eigenvalue weighted by Gasteiger charge is 2.28. The Labute approximate surface area is 165 Å². The van der Waals surface area contributed by atoms with Gasteiger partial charge in [0.05, 0.1) is 17.4 Å². The number of imidazole rings is 1. The fraction of sp³-hybridized carbons (Fsp3) is 0.529. The van der Waals surface area contributed by atoms with Gasteiger partial charge in [-0.1, -0.05) is 12.1 Å². The van der Waals surface area contributed by atoms with E-state index in [4.69, 9.17) is 0 Å². The van der Waals surface area contributed by atoms with Gasteiger partial charge in [0.1, 0.15) is 0 Å². The van der Waals surface area contributed by atoms with Crippen LogP contribution in [0.15, 0.2) is 35.6 Å². The van der Waals surface area contributed by atoms with Gasteiger partial charge in [-0.25, -0.2) is 4.98 Å². The molecule has 7 heteroatoms. The van der Waals surface area contributed by atoms with Crippen LogP contribution in [0.5, 0.6) is 0 Å². The Hall–Kier alpha value is -0.960. The van der Waals surface area contributed by atoms with E-state index >= 15 is 0 Å². The summed E-state index contributed by atoms with van der Waals surface area (Å²) >= 11 is 2.04. The second-order valence-electron chi connectivity index (χ2n) is 6.43. The van der Waals surface area contributed by atoms with E-state index in [9.17, 15) is 0 Å². The van der Waals surface area contributed by atoms with Crippen molar-refractivity contribution in [1.82, 2.24) is 19.8 Å². The van der Waals surface area contributed by atoms with E-state index in [0.29, 0.717) is 0 Å². The van der Waals surface area contributed by atoms with Crippen molar-refractivity contribution in [1.29, 1.82) is 0 Å². The van der Waals surface area contributed by atoms with Crippen LogP contribution >= 0.6 is 35.7 Å². The molecule has 1 aliphatic rings. The van der Waals surface area contributed by atoms with Crippen LogP contribution in [0, 0.1) is 0 Å². The van der Waals surface area contributed by atoms with Gasteiger partial charge in [-0.05, 0) is 26.0 Å². The van der Waals surface area contributed by atoms with Crippen LogP contribution in [0.1, 0.15) is 13.8 Å². The molecule has 0 unspecified atom stereocenters. The van der Waals surface area contributed by atoms with Crippen LogP contribution in [0.4, 0.5) is 0 Å². The standard InChI is InChI=1S/C17H25N5S.HI/c1-17(2)12-21(10-11-23-17)16(18-3)19-8-9-22-13-20-14-6-4-5-7-15(14)22;/h4-7,13H,8-12H2,1-3H3,(H,18,19);1H. The molecular formula is C17H26IN5S. The monoisotopic (exact) mass is 459 g/mol. The zero-order chi connectivity index (χ0) is 16.3. The van der Waals surface area contributed by atoms with Gasteiger partial charge in [-0.15, -0.1) is 24.0 Å². The summed E-state index contributed by atoms with van der Waals surface area (Å²) in [5.41, 5.74) is 2.23. The van der Waals surface area contributed by atoms with Crippen molar-refractivity contribution in [2.75, 3.05) is 32.4 Å². The number of aromatic nitrogens is 2. The second kappa shape index (κ2) is 8.42. The average molecular weight is 459 g/mol. The summed E-state index contributed by atoms with van der Waals surface area (Å²) in [6, 6.07) is 8.24. The summed E-state index contributed by atoms with van der Waals surface area (Å²) in [5, 5.41) is 3.50. The van der Waals surface area contributed by atoms with Gasteiger partial charge in [0.2, 0.25) is 0 Å². The first-order valence-corrected chi connectivity index (χ1v) is 9.07. The molecule has 0 bridgehead atoms. The largest absolute Gasteiger partial charge is 0.354 e. The first-order valence-electron chi connectivity index (χ1n) is 8.08. The van der Waals surface area contributed by atoms with Crippen molar-refractivity contribution >= 4 is 52.7 Å². The maximum absolute atomic E-state index is 4.46. The summed E-state index contributed by atoms with van der Waals surface area (Å²) < 4.78 is 2.47. The number of halogens is 1. The molecule has 1 fully saturated rings. The number of thioether (sulfide) groups is 1. The molecule has 0 aliphatic carbocycles. The van der Waals surface area contributed by atoms with E-state index in [2.05, 4.69) is 50.7 Å². The third-order valence-corrected chi connectivity index (χ3v) is 5.40. The number of nitrogens with zero attached hydrogens (tertiary/aromatic N) is 4. The Morgan fingerprint density at radius 3 is 2.92 bits per heavy atom. The van der Waals surface area contributed by atoms with Crippen molar-refractivity contribution < 1.29 is 0 Å². The summed E-state index contributed by atoms with van der Waals surface area (Å²) in [6.45, 7) is 8.42. The topological polar surface area (TPSA) is 45.5 Å². The molecule has 5 nitrogen and oxygen atoms in total. The van der Waals surface area contributed by atoms with Crippen LogP contribution in [-0.4, -0.2) is 57.6 Å². The number of guanidine groups is 1. The highest BCUT2D eigenvalue weighted by Crippen LogP contribution is 2.29. The van der Waals surface area contributed by atoms with Crippen molar-refractivity contribution in [3.05, 3.63) is 30.6 Å². The van der Waals surface area contributed by atoms with Gasteiger partial charge in [-0.2, -0.15) is 11.8 Å². The molecule has 0 saturated carbocycles. The van der Waals surface area contributed by atoms with Crippen molar-refractivity contribution in [2.24, 2.45) is 4.99 Å². The molecule has 2 heterocycles. The van der Waals surface area contributed by atoms with E-state index in [1.165, 1.54) is 5.52 Å². The molecule has 0 spiro atoms. The van der Waals surface area contributed by atoms with Crippen LogP contribution in [0.2, 0.25) is 0 Å². The lowest BCUT2D eigenvalue weighted by atomic mass is 10.2. The van der Waals surface area contributed by atoms with Gasteiger partial charge < -0.3 is 14.8 Å². The predicted octanol–water partition coefficient (Wildman–Crippen LogP) is 3.06. The summed E-state index contributed by atoms with van der Waals surface area (Å²) in [4.78, 5) is 11.3. The number of nitrogens with one attached hydrogen (secondary N) is 1. The van der Waals surface area contributed by atoms with Crippen molar-refractivity contribution in [3.63, 3.8) is 0 Å². The molecule has 24 heavy (non-hydrogen) atoms. The average Bonchev–Trinajstić information content (AvgIpc) is 2.94. The number of para-hydroxylation sites is 2. The fourth-order valence-electron chi connectivity index (χ4n) is 3.01. The molecule has 132 valence electrons. The van der Waals surface area contributed by atoms with Gasteiger partial charge in [0.15, 0.2) is 5.96 Å². The number of rotatable bonds is 3. The molecule has 0 atom stereocenters. The number of hydrogen-bond acceptors (Lipinski definition) is 3. The molecule has 1 N–H and O–H groups in total. The van der Waals surface area contributed by atoms with E-state index < -0.39 is 0 Å². The van der Waals surface area contributed by atoms with Crippen LogP contribution in [0.3, 0.4) is 0 Å². The van der Waals surface area contributed by atoms with Gasteiger partial charge in [0.25, 0.3) is 0 Å². The zero-order valence-electron chi connectivity index (χ0n) is 14.5. The van der Waals surface area contributed by atoms with Gasteiger partial charge in [0, 0.05) is 43.7 Å². The highest BCUT2D eigenvalue weighted by molar-refractivity contribution is 14.0. The fourth-order valence-corrected chi connectivity index (χ4v) is 4.12. The van der Waals surface area contributed by atoms with Crippen LogP contribution in [-0.2, 0) is 6.54 Å². The normalized spacial score (nSPS) is 17.6. The smallest absolute Gasteiger partial charge is 0.193 e. The van der Waals surface area contributed by atoms with Crippen LogP contribution < -0.4 is 5.32 Å². The van der Waals surface area contributed by atoms with E-state index in [1.807, 2.05) is 37.3 Å². The Morgan fingerprint density at radius 1 is 1.38 bits per heavy atom. The molecule has 2 aromatic rings. The van der Waals surface area contributed by atoms with E-state index in [0.717, 1.165) is 43.4 Å². The lowest BCUT2D eigenvalue weighted by Crippen LogP contribution is -2.51. The zero-order valence-corrected chi connectivity index (χ0v) is 17.7. The maximum Gasteiger partial charge on any atom is 0.193 e.